The minimum absolute atomic E-state index is 0.100. The Kier molecular flexibility index (Phi) is 4.97. The predicted octanol–water partition coefficient (Wildman–Crippen LogP) is 3.28. The molecule has 2 rings (SSSR count). The van der Waals surface area contributed by atoms with Crippen LogP contribution in [0, 0.1) is 11.8 Å². The number of rotatable bonds is 5. The molecule has 3 unspecified atom stereocenters. The Labute approximate surface area is 116 Å². The zero-order valence-electron chi connectivity index (χ0n) is 12.4. The highest BCUT2D eigenvalue weighted by atomic mass is 16.5. The van der Waals surface area contributed by atoms with Gasteiger partial charge in [-0.2, -0.15) is 4.98 Å². The fraction of sp³-hybridized carbons (Fsp3) is 0.867. The van der Waals surface area contributed by atoms with Crippen molar-refractivity contribution in [2.24, 2.45) is 17.6 Å². The van der Waals surface area contributed by atoms with Crippen LogP contribution in [0.5, 0.6) is 0 Å². The lowest BCUT2D eigenvalue weighted by Crippen LogP contribution is -2.28. The van der Waals surface area contributed by atoms with Gasteiger partial charge in [-0.3, -0.25) is 0 Å². The van der Waals surface area contributed by atoms with E-state index < -0.39 is 0 Å². The van der Waals surface area contributed by atoms with E-state index in [-0.39, 0.29) is 6.04 Å². The number of aromatic nitrogens is 2. The molecule has 1 aliphatic carbocycles. The van der Waals surface area contributed by atoms with Gasteiger partial charge in [0.2, 0.25) is 5.89 Å². The molecule has 19 heavy (non-hydrogen) atoms. The van der Waals surface area contributed by atoms with Crippen LogP contribution in [0.3, 0.4) is 0 Å². The first kappa shape index (κ1) is 14.5. The van der Waals surface area contributed by atoms with Crippen LogP contribution in [-0.4, -0.2) is 16.2 Å². The molecule has 0 aliphatic heterocycles. The molecule has 1 aliphatic rings. The normalized spacial score (nSPS) is 25.7. The van der Waals surface area contributed by atoms with Gasteiger partial charge in [0.25, 0.3) is 0 Å². The van der Waals surface area contributed by atoms with E-state index in [4.69, 9.17) is 10.3 Å². The number of hydrogen-bond donors (Lipinski definition) is 1. The van der Waals surface area contributed by atoms with Crippen molar-refractivity contribution in [3.05, 3.63) is 11.7 Å². The molecule has 108 valence electrons. The lowest BCUT2D eigenvalue weighted by Gasteiger charge is -2.26. The van der Waals surface area contributed by atoms with Gasteiger partial charge in [-0.05, 0) is 24.7 Å². The van der Waals surface area contributed by atoms with E-state index >= 15 is 0 Å². The zero-order chi connectivity index (χ0) is 13.8. The SMILES string of the molecule is CCC1CCCC(c2noc(CC(N)C(C)C)n2)C1. The van der Waals surface area contributed by atoms with Crippen LogP contribution in [0.4, 0.5) is 0 Å². The Morgan fingerprint density at radius 3 is 2.84 bits per heavy atom. The maximum atomic E-state index is 6.05. The molecule has 0 saturated heterocycles. The standard InChI is InChI=1S/C15H27N3O/c1-4-11-6-5-7-12(8-11)15-17-14(19-18-15)9-13(16)10(2)3/h10-13H,4-9,16H2,1-3H3. The lowest BCUT2D eigenvalue weighted by atomic mass is 9.80. The van der Waals surface area contributed by atoms with Gasteiger partial charge in [0.1, 0.15) is 0 Å². The Morgan fingerprint density at radius 2 is 2.16 bits per heavy atom. The summed E-state index contributed by atoms with van der Waals surface area (Å²) in [7, 11) is 0. The van der Waals surface area contributed by atoms with Crippen molar-refractivity contribution in [1.29, 1.82) is 0 Å². The third-order valence-corrected chi connectivity index (χ3v) is 4.48. The van der Waals surface area contributed by atoms with Crippen LogP contribution in [0.15, 0.2) is 4.52 Å². The van der Waals surface area contributed by atoms with E-state index in [1.165, 1.54) is 32.1 Å². The first-order valence-electron chi connectivity index (χ1n) is 7.68. The second-order valence-corrected chi connectivity index (χ2v) is 6.30. The van der Waals surface area contributed by atoms with Crippen LogP contribution >= 0.6 is 0 Å². The summed E-state index contributed by atoms with van der Waals surface area (Å²) in [5.74, 6) is 3.37. The average Bonchev–Trinajstić information content (AvgIpc) is 2.87. The van der Waals surface area contributed by atoms with Gasteiger partial charge < -0.3 is 10.3 Å². The minimum Gasteiger partial charge on any atom is -0.339 e. The fourth-order valence-electron chi connectivity index (χ4n) is 2.85. The molecule has 0 radical (unpaired) electrons. The summed E-state index contributed by atoms with van der Waals surface area (Å²) < 4.78 is 5.37. The fourth-order valence-corrected chi connectivity index (χ4v) is 2.85. The predicted molar refractivity (Wildman–Crippen MR) is 75.8 cm³/mol. The van der Waals surface area contributed by atoms with Crippen molar-refractivity contribution in [2.45, 2.75) is 71.3 Å². The highest BCUT2D eigenvalue weighted by Crippen LogP contribution is 2.36. The maximum absolute atomic E-state index is 6.05. The highest BCUT2D eigenvalue weighted by Gasteiger charge is 2.26. The van der Waals surface area contributed by atoms with Crippen molar-refractivity contribution in [2.75, 3.05) is 0 Å². The largest absolute Gasteiger partial charge is 0.339 e. The minimum atomic E-state index is 0.100. The van der Waals surface area contributed by atoms with Crippen molar-refractivity contribution < 1.29 is 4.52 Å². The molecule has 2 N–H and O–H groups in total. The Bertz CT molecular complexity index is 388. The van der Waals surface area contributed by atoms with Gasteiger partial charge in [0.05, 0.1) is 0 Å². The van der Waals surface area contributed by atoms with E-state index in [2.05, 4.69) is 30.9 Å². The van der Waals surface area contributed by atoms with Gasteiger partial charge in [-0.25, -0.2) is 0 Å². The third kappa shape index (κ3) is 3.78. The first-order valence-corrected chi connectivity index (χ1v) is 7.68. The van der Waals surface area contributed by atoms with Crippen LogP contribution in [0.1, 0.15) is 70.5 Å². The summed E-state index contributed by atoms with van der Waals surface area (Å²) >= 11 is 0. The molecule has 3 atom stereocenters. The summed E-state index contributed by atoms with van der Waals surface area (Å²) in [6.07, 6.45) is 7.01. The molecule has 0 amide bonds. The number of nitrogens with two attached hydrogens (primary N) is 1. The highest BCUT2D eigenvalue weighted by molar-refractivity contribution is 4.99. The van der Waals surface area contributed by atoms with Crippen molar-refractivity contribution in [3.63, 3.8) is 0 Å². The molecule has 1 heterocycles. The van der Waals surface area contributed by atoms with Crippen LogP contribution in [-0.2, 0) is 6.42 Å². The first-order chi connectivity index (χ1) is 9.10. The molecular formula is C15H27N3O. The van der Waals surface area contributed by atoms with Crippen molar-refractivity contribution in [1.82, 2.24) is 10.1 Å². The van der Waals surface area contributed by atoms with Crippen molar-refractivity contribution in [3.8, 4) is 0 Å². The molecule has 1 fully saturated rings. The summed E-state index contributed by atoms with van der Waals surface area (Å²) in [5, 5.41) is 4.18. The Morgan fingerprint density at radius 1 is 1.37 bits per heavy atom. The summed E-state index contributed by atoms with van der Waals surface area (Å²) in [4.78, 5) is 4.57. The molecular weight excluding hydrogens is 238 g/mol. The second-order valence-electron chi connectivity index (χ2n) is 6.30. The van der Waals surface area contributed by atoms with E-state index in [1.54, 1.807) is 0 Å². The van der Waals surface area contributed by atoms with Crippen LogP contribution in [0.2, 0.25) is 0 Å². The smallest absolute Gasteiger partial charge is 0.228 e. The van der Waals surface area contributed by atoms with Gasteiger partial charge in [-0.15, -0.1) is 0 Å². The summed E-state index contributed by atoms with van der Waals surface area (Å²) in [6.45, 7) is 6.51. The van der Waals surface area contributed by atoms with Gasteiger partial charge in [0, 0.05) is 18.4 Å². The molecule has 1 aromatic heterocycles. The average molecular weight is 265 g/mol. The zero-order valence-corrected chi connectivity index (χ0v) is 12.4. The molecule has 4 heteroatoms. The molecule has 1 saturated carbocycles. The van der Waals surface area contributed by atoms with Crippen molar-refractivity contribution >= 4 is 0 Å². The second kappa shape index (κ2) is 6.51. The summed E-state index contributed by atoms with van der Waals surface area (Å²) in [5.41, 5.74) is 6.05. The lowest BCUT2D eigenvalue weighted by molar-refractivity contribution is 0.296. The van der Waals surface area contributed by atoms with E-state index in [0.717, 1.165) is 11.7 Å². The van der Waals surface area contributed by atoms with Crippen LogP contribution < -0.4 is 5.73 Å². The topological polar surface area (TPSA) is 64.9 Å². The monoisotopic (exact) mass is 265 g/mol. The van der Waals surface area contributed by atoms with E-state index in [9.17, 15) is 0 Å². The number of hydrogen-bond acceptors (Lipinski definition) is 4. The number of nitrogens with zero attached hydrogens (tertiary/aromatic N) is 2. The van der Waals surface area contributed by atoms with Gasteiger partial charge in [-0.1, -0.05) is 45.2 Å². The Balaban J connectivity index is 1.96. The molecule has 0 spiro atoms. The van der Waals surface area contributed by atoms with Gasteiger partial charge >= 0.3 is 0 Å². The molecule has 0 aromatic carbocycles. The quantitative estimate of drug-likeness (QED) is 0.887. The maximum Gasteiger partial charge on any atom is 0.228 e. The van der Waals surface area contributed by atoms with Gasteiger partial charge in [0.15, 0.2) is 5.82 Å². The molecule has 4 nitrogen and oxygen atoms in total. The third-order valence-electron chi connectivity index (χ3n) is 4.48. The van der Waals surface area contributed by atoms with E-state index in [1.807, 2.05) is 0 Å². The molecule has 0 bridgehead atoms. The Hall–Kier alpha value is -0.900. The molecule has 1 aromatic rings. The summed E-state index contributed by atoms with van der Waals surface area (Å²) in [6, 6.07) is 0.100. The van der Waals surface area contributed by atoms with Crippen LogP contribution in [0.25, 0.3) is 0 Å². The van der Waals surface area contributed by atoms with E-state index in [0.29, 0.717) is 24.1 Å².